The van der Waals surface area contributed by atoms with Gasteiger partial charge in [-0.3, -0.25) is 4.79 Å². The highest BCUT2D eigenvalue weighted by molar-refractivity contribution is 7.88. The lowest BCUT2D eigenvalue weighted by Crippen LogP contribution is -2.28. The molecule has 2 aromatic carbocycles. The van der Waals surface area contributed by atoms with Crippen LogP contribution in [0.5, 0.6) is 5.75 Å². The topological polar surface area (TPSA) is 86.5 Å². The third-order valence-corrected chi connectivity index (χ3v) is 3.82. The highest BCUT2D eigenvalue weighted by atomic mass is 32.2. The summed E-state index contributed by atoms with van der Waals surface area (Å²) in [5.74, 6) is 4.38. The van der Waals surface area contributed by atoms with E-state index in [1.54, 1.807) is 12.1 Å². The van der Waals surface area contributed by atoms with Gasteiger partial charge in [-0.1, -0.05) is 17.9 Å². The molecule has 0 saturated carbocycles. The van der Waals surface area contributed by atoms with Crippen molar-refractivity contribution in [1.29, 1.82) is 0 Å². The second-order valence-electron chi connectivity index (χ2n) is 4.70. The van der Waals surface area contributed by atoms with Gasteiger partial charge >= 0.3 is 15.6 Å². The molecule has 5 nitrogen and oxygen atoms in total. The Morgan fingerprint density at radius 1 is 1.00 bits per heavy atom. The van der Waals surface area contributed by atoms with Gasteiger partial charge in [0.1, 0.15) is 5.75 Å². The van der Waals surface area contributed by atoms with Crippen molar-refractivity contribution < 1.29 is 30.6 Å². The van der Waals surface area contributed by atoms with Gasteiger partial charge in [0.05, 0.1) is 0 Å². The van der Waals surface area contributed by atoms with Crippen molar-refractivity contribution in [2.24, 2.45) is 5.73 Å². The summed E-state index contributed by atoms with van der Waals surface area (Å²) in [6, 6.07) is 11.0. The molecule has 2 N–H and O–H groups in total. The summed E-state index contributed by atoms with van der Waals surface area (Å²) < 4.78 is 62.4. The number of hydrogen-bond donors (Lipinski definition) is 1. The molecule has 0 saturated heterocycles. The second-order valence-corrected chi connectivity index (χ2v) is 6.24. The zero-order valence-corrected chi connectivity index (χ0v) is 13.2. The molecule has 0 unspecified atom stereocenters. The van der Waals surface area contributed by atoms with Crippen LogP contribution in [-0.2, 0) is 10.1 Å². The van der Waals surface area contributed by atoms with Crippen LogP contribution in [0.3, 0.4) is 0 Å². The first-order chi connectivity index (χ1) is 11.6. The Kier molecular flexibility index (Phi) is 5.04. The fraction of sp³-hybridized carbons (Fsp3) is 0.0625. The fourth-order valence-electron chi connectivity index (χ4n) is 1.66. The Balaban J connectivity index is 2.17. The number of amides is 1. The molecule has 2 aromatic rings. The minimum atomic E-state index is -5.71. The Morgan fingerprint density at radius 3 is 2.16 bits per heavy atom. The van der Waals surface area contributed by atoms with Crippen molar-refractivity contribution >= 4 is 16.0 Å². The maximum Gasteiger partial charge on any atom is 0.534 e. The maximum absolute atomic E-state index is 12.2. The molecule has 0 spiro atoms. The van der Waals surface area contributed by atoms with Crippen LogP contribution in [0.15, 0.2) is 48.5 Å². The van der Waals surface area contributed by atoms with Crippen molar-refractivity contribution in [3.63, 3.8) is 0 Å². The van der Waals surface area contributed by atoms with Crippen LogP contribution in [0.2, 0.25) is 0 Å². The summed E-state index contributed by atoms with van der Waals surface area (Å²) in [6.07, 6.45) is 0. The smallest absolute Gasteiger partial charge is 0.376 e. The number of primary amides is 1. The average Bonchev–Trinajstić information content (AvgIpc) is 2.53. The standard InChI is InChI=1S/C16H10F3NO4S/c17-16(18,19)25(22,23)24-14-8-6-11(7-9-14)4-5-12-2-1-3-13(10-12)15(20)21/h1-3,6-10H,(H2,20,21). The highest BCUT2D eigenvalue weighted by Gasteiger charge is 2.48. The Bertz CT molecular complexity index is 955. The molecular weight excluding hydrogens is 359 g/mol. The lowest BCUT2D eigenvalue weighted by Gasteiger charge is -2.08. The van der Waals surface area contributed by atoms with Gasteiger partial charge in [0.15, 0.2) is 0 Å². The highest BCUT2D eigenvalue weighted by Crippen LogP contribution is 2.26. The van der Waals surface area contributed by atoms with E-state index in [0.717, 1.165) is 12.1 Å². The monoisotopic (exact) mass is 369 g/mol. The van der Waals surface area contributed by atoms with Gasteiger partial charge in [0.2, 0.25) is 5.91 Å². The van der Waals surface area contributed by atoms with Crippen LogP contribution in [0.4, 0.5) is 13.2 Å². The lowest BCUT2D eigenvalue weighted by molar-refractivity contribution is -0.0500. The van der Waals surface area contributed by atoms with E-state index >= 15 is 0 Å². The predicted octanol–water partition coefficient (Wildman–Crippen LogP) is 2.41. The Hall–Kier alpha value is -2.99. The molecule has 9 heteroatoms. The number of carbonyl (C=O) groups excluding carboxylic acids is 1. The summed E-state index contributed by atoms with van der Waals surface area (Å²) in [5, 5.41) is 0. The number of nitrogens with two attached hydrogens (primary N) is 1. The normalized spacial score (nSPS) is 11.3. The molecule has 130 valence electrons. The third kappa shape index (κ3) is 4.74. The van der Waals surface area contributed by atoms with Crippen molar-refractivity contribution in [3.05, 3.63) is 65.2 Å². The van der Waals surface area contributed by atoms with E-state index in [1.807, 2.05) is 0 Å². The Morgan fingerprint density at radius 2 is 1.60 bits per heavy atom. The second kappa shape index (κ2) is 6.86. The zero-order valence-electron chi connectivity index (χ0n) is 12.4. The average molecular weight is 369 g/mol. The van der Waals surface area contributed by atoms with E-state index < -0.39 is 27.3 Å². The number of alkyl halides is 3. The SMILES string of the molecule is NC(=O)c1cccc(C#Cc2ccc(OS(=O)(=O)C(F)(F)F)cc2)c1. The largest absolute Gasteiger partial charge is 0.534 e. The third-order valence-electron chi connectivity index (χ3n) is 2.84. The molecule has 0 aliphatic heterocycles. The summed E-state index contributed by atoms with van der Waals surface area (Å²) >= 11 is 0. The molecule has 1 amide bonds. The van der Waals surface area contributed by atoms with Gasteiger partial charge in [0.25, 0.3) is 0 Å². The number of carbonyl (C=O) groups is 1. The minimum Gasteiger partial charge on any atom is -0.376 e. The molecule has 0 fully saturated rings. The van der Waals surface area contributed by atoms with Crippen LogP contribution < -0.4 is 9.92 Å². The summed E-state index contributed by atoms with van der Waals surface area (Å²) in [7, 11) is -5.71. The van der Waals surface area contributed by atoms with Crippen molar-refractivity contribution in [2.45, 2.75) is 5.51 Å². The van der Waals surface area contributed by atoms with Crippen LogP contribution in [0.25, 0.3) is 0 Å². The molecule has 0 atom stereocenters. The fourth-order valence-corrected chi connectivity index (χ4v) is 2.12. The summed E-state index contributed by atoms with van der Waals surface area (Å²) in [6.45, 7) is 0. The van der Waals surface area contributed by atoms with Gasteiger partial charge in [-0.2, -0.15) is 21.6 Å². The zero-order chi connectivity index (χ0) is 18.7. The molecule has 0 aliphatic carbocycles. The predicted molar refractivity (Wildman–Crippen MR) is 83.0 cm³/mol. The molecule has 0 aromatic heterocycles. The first-order valence-corrected chi connectivity index (χ1v) is 8.02. The van der Waals surface area contributed by atoms with Crippen molar-refractivity contribution in [1.82, 2.24) is 0 Å². The summed E-state index contributed by atoms with van der Waals surface area (Å²) in [5.41, 5.74) is 0.854. The van der Waals surface area contributed by atoms with Crippen LogP contribution in [0, 0.1) is 11.8 Å². The molecular formula is C16H10F3NO4S. The molecule has 2 rings (SSSR count). The first kappa shape index (κ1) is 18.4. The van der Waals surface area contributed by atoms with Gasteiger partial charge in [-0.25, -0.2) is 0 Å². The van der Waals surface area contributed by atoms with Crippen LogP contribution in [0.1, 0.15) is 21.5 Å². The lowest BCUT2D eigenvalue weighted by atomic mass is 10.1. The number of rotatable bonds is 3. The van der Waals surface area contributed by atoms with E-state index in [2.05, 4.69) is 16.0 Å². The van der Waals surface area contributed by atoms with Crippen molar-refractivity contribution in [3.8, 4) is 17.6 Å². The molecule has 0 aliphatic rings. The van der Waals surface area contributed by atoms with E-state index in [-0.39, 0.29) is 5.56 Å². The van der Waals surface area contributed by atoms with E-state index in [1.165, 1.54) is 24.3 Å². The van der Waals surface area contributed by atoms with E-state index in [4.69, 9.17) is 5.73 Å². The summed E-state index contributed by atoms with van der Waals surface area (Å²) in [4.78, 5) is 11.1. The number of benzene rings is 2. The van der Waals surface area contributed by atoms with Crippen LogP contribution in [-0.4, -0.2) is 19.8 Å². The minimum absolute atomic E-state index is 0.285. The van der Waals surface area contributed by atoms with E-state index in [0.29, 0.717) is 11.1 Å². The van der Waals surface area contributed by atoms with Gasteiger partial charge in [0, 0.05) is 16.7 Å². The van der Waals surface area contributed by atoms with Gasteiger partial charge in [-0.15, -0.1) is 0 Å². The molecule has 0 heterocycles. The quantitative estimate of drug-likeness (QED) is 0.511. The Labute approximate surface area is 141 Å². The molecule has 0 radical (unpaired) electrons. The maximum atomic E-state index is 12.2. The van der Waals surface area contributed by atoms with Crippen molar-refractivity contribution in [2.75, 3.05) is 0 Å². The van der Waals surface area contributed by atoms with E-state index in [9.17, 15) is 26.4 Å². The number of halogens is 3. The first-order valence-electron chi connectivity index (χ1n) is 6.61. The number of hydrogen-bond acceptors (Lipinski definition) is 4. The van der Waals surface area contributed by atoms with Gasteiger partial charge in [-0.05, 0) is 42.5 Å². The molecule has 0 bridgehead atoms. The molecule has 25 heavy (non-hydrogen) atoms. The van der Waals surface area contributed by atoms with Crippen LogP contribution >= 0.6 is 0 Å². The van der Waals surface area contributed by atoms with Gasteiger partial charge < -0.3 is 9.92 Å².